The topological polar surface area (TPSA) is 38.8 Å². The number of hydrogen-bond donors (Lipinski definition) is 0. The normalized spacial score (nSPS) is 13.8. The lowest BCUT2D eigenvalue weighted by atomic mass is 10.1. The molecule has 1 amide bonds. The van der Waals surface area contributed by atoms with Gasteiger partial charge in [0.05, 0.1) is 7.11 Å². The predicted molar refractivity (Wildman–Crippen MR) is 104 cm³/mol. The monoisotopic (exact) mass is 407 g/mol. The van der Waals surface area contributed by atoms with E-state index < -0.39 is 6.61 Å². The summed E-state index contributed by atoms with van der Waals surface area (Å²) in [5.74, 6) is 0.0334. The molecule has 0 radical (unpaired) electrons. The van der Waals surface area contributed by atoms with Gasteiger partial charge < -0.3 is 14.4 Å². The van der Waals surface area contributed by atoms with Crippen LogP contribution in [0, 0.1) is 0 Å². The Kier molecular flexibility index (Phi) is 6.52. The number of hydrogen-bond acceptors (Lipinski definition) is 3. The number of nitrogens with zero attached hydrogens (tertiary/aromatic N) is 1. The van der Waals surface area contributed by atoms with E-state index in [1.54, 1.807) is 29.2 Å². The van der Waals surface area contributed by atoms with Crippen molar-refractivity contribution in [1.82, 2.24) is 4.90 Å². The molecule has 0 spiro atoms. The molecule has 4 nitrogen and oxygen atoms in total. The van der Waals surface area contributed by atoms with Gasteiger partial charge in [-0.3, -0.25) is 4.79 Å². The molecule has 3 rings (SSSR count). The van der Waals surface area contributed by atoms with Crippen LogP contribution in [0.15, 0.2) is 48.5 Å². The van der Waals surface area contributed by atoms with Crippen LogP contribution in [-0.2, 0) is 11.3 Å². The third-order valence-electron chi connectivity index (χ3n) is 4.38. The summed E-state index contributed by atoms with van der Waals surface area (Å²) in [5.41, 5.74) is 1.54. The van der Waals surface area contributed by atoms with Crippen LogP contribution in [0.4, 0.5) is 8.78 Å². The van der Waals surface area contributed by atoms with Crippen LogP contribution in [-0.4, -0.2) is 30.6 Å². The fourth-order valence-corrected chi connectivity index (χ4v) is 3.04. The summed E-state index contributed by atoms with van der Waals surface area (Å²) in [6.07, 6.45) is 5.08. The molecule has 0 N–H and O–H groups in total. The van der Waals surface area contributed by atoms with Gasteiger partial charge in [-0.1, -0.05) is 35.9 Å². The SMILES string of the molecule is COc1cc(CN(C(=O)C=Cc2ccccc2Cl)C2CC2)ccc1OC(F)F. The first-order valence-electron chi connectivity index (χ1n) is 8.83. The van der Waals surface area contributed by atoms with Crippen LogP contribution in [0.3, 0.4) is 0 Å². The first-order valence-corrected chi connectivity index (χ1v) is 9.20. The minimum atomic E-state index is -2.93. The van der Waals surface area contributed by atoms with Crippen molar-refractivity contribution in [3.63, 3.8) is 0 Å². The summed E-state index contributed by atoms with van der Waals surface area (Å²) in [5, 5.41) is 0.573. The number of methoxy groups -OCH3 is 1. The predicted octanol–water partition coefficient (Wildman–Crippen LogP) is 5.15. The van der Waals surface area contributed by atoms with Crippen LogP contribution >= 0.6 is 11.6 Å². The van der Waals surface area contributed by atoms with Gasteiger partial charge in [-0.25, -0.2) is 0 Å². The zero-order valence-corrected chi connectivity index (χ0v) is 16.0. The number of benzene rings is 2. The maximum Gasteiger partial charge on any atom is 0.387 e. The maximum atomic E-state index is 12.7. The molecule has 0 atom stereocenters. The molecule has 28 heavy (non-hydrogen) atoms. The van der Waals surface area contributed by atoms with E-state index in [1.165, 1.54) is 19.3 Å². The highest BCUT2D eigenvalue weighted by atomic mass is 35.5. The van der Waals surface area contributed by atoms with E-state index in [-0.39, 0.29) is 23.4 Å². The smallest absolute Gasteiger partial charge is 0.387 e. The largest absolute Gasteiger partial charge is 0.493 e. The molecule has 0 saturated heterocycles. The molecule has 0 aliphatic heterocycles. The Morgan fingerprint density at radius 2 is 2.00 bits per heavy atom. The van der Waals surface area contributed by atoms with Crippen LogP contribution < -0.4 is 9.47 Å². The van der Waals surface area contributed by atoms with Crippen molar-refractivity contribution in [2.75, 3.05) is 7.11 Å². The summed E-state index contributed by atoms with van der Waals surface area (Å²) in [4.78, 5) is 14.5. The molecule has 2 aromatic carbocycles. The standard InChI is InChI=1S/C21H20ClF2NO3/c1-27-19-12-14(6-10-18(19)28-21(23)24)13-25(16-8-9-16)20(26)11-7-15-4-2-3-5-17(15)22/h2-7,10-12,16,21H,8-9,13H2,1H3. The Labute approximate surface area is 167 Å². The van der Waals surface area contributed by atoms with E-state index in [1.807, 2.05) is 18.2 Å². The lowest BCUT2D eigenvalue weighted by Crippen LogP contribution is -2.31. The molecule has 0 bridgehead atoms. The number of ether oxygens (including phenoxy) is 2. The van der Waals surface area contributed by atoms with Gasteiger partial charge in [-0.15, -0.1) is 0 Å². The van der Waals surface area contributed by atoms with Gasteiger partial charge in [0.2, 0.25) is 5.91 Å². The second kappa shape index (κ2) is 9.06. The van der Waals surface area contributed by atoms with Gasteiger partial charge in [0, 0.05) is 23.7 Å². The molecule has 1 aliphatic carbocycles. The van der Waals surface area contributed by atoms with Crippen molar-refractivity contribution in [1.29, 1.82) is 0 Å². The highest BCUT2D eigenvalue weighted by Gasteiger charge is 2.31. The van der Waals surface area contributed by atoms with Gasteiger partial charge >= 0.3 is 6.61 Å². The van der Waals surface area contributed by atoms with E-state index in [9.17, 15) is 13.6 Å². The number of carbonyl (C=O) groups excluding carboxylic acids is 1. The molecule has 0 unspecified atom stereocenters. The zero-order valence-electron chi connectivity index (χ0n) is 15.3. The van der Waals surface area contributed by atoms with Crippen molar-refractivity contribution < 1.29 is 23.0 Å². The van der Waals surface area contributed by atoms with Crippen LogP contribution in [0.5, 0.6) is 11.5 Å². The summed E-state index contributed by atoms with van der Waals surface area (Å²) >= 11 is 6.12. The van der Waals surface area contributed by atoms with Crippen LogP contribution in [0.1, 0.15) is 24.0 Å². The molecule has 148 valence electrons. The second-order valence-corrected chi connectivity index (χ2v) is 6.82. The summed E-state index contributed by atoms with van der Waals surface area (Å²) < 4.78 is 34.5. The van der Waals surface area contributed by atoms with E-state index in [4.69, 9.17) is 16.3 Å². The van der Waals surface area contributed by atoms with Gasteiger partial charge in [0.25, 0.3) is 0 Å². The lowest BCUT2D eigenvalue weighted by molar-refractivity contribution is -0.127. The maximum absolute atomic E-state index is 12.7. The lowest BCUT2D eigenvalue weighted by Gasteiger charge is -2.21. The zero-order chi connectivity index (χ0) is 20.1. The molecular formula is C21H20ClF2NO3. The number of alkyl halides is 2. The summed E-state index contributed by atoms with van der Waals surface area (Å²) in [6, 6.07) is 12.1. The number of amides is 1. The number of carbonyl (C=O) groups is 1. The average Bonchev–Trinajstić information content (AvgIpc) is 3.50. The third kappa shape index (κ3) is 5.23. The second-order valence-electron chi connectivity index (χ2n) is 6.42. The molecule has 1 aliphatic rings. The molecule has 1 fully saturated rings. The van der Waals surface area contributed by atoms with Crippen molar-refractivity contribution in [3.05, 3.63) is 64.7 Å². The Morgan fingerprint density at radius 1 is 1.25 bits per heavy atom. The third-order valence-corrected chi connectivity index (χ3v) is 4.72. The van der Waals surface area contributed by atoms with Gasteiger partial charge in [-0.2, -0.15) is 8.78 Å². The van der Waals surface area contributed by atoms with Gasteiger partial charge in [-0.05, 0) is 48.2 Å². The number of halogens is 3. The van der Waals surface area contributed by atoms with E-state index in [0.29, 0.717) is 11.6 Å². The highest BCUT2D eigenvalue weighted by Crippen LogP contribution is 2.33. The number of rotatable bonds is 8. The van der Waals surface area contributed by atoms with Gasteiger partial charge in [0.15, 0.2) is 11.5 Å². The first kappa shape index (κ1) is 20.1. The van der Waals surface area contributed by atoms with Crippen molar-refractivity contribution in [3.8, 4) is 11.5 Å². The Balaban J connectivity index is 1.74. The van der Waals surface area contributed by atoms with Crippen molar-refractivity contribution in [2.45, 2.75) is 32.0 Å². The van der Waals surface area contributed by atoms with E-state index in [2.05, 4.69) is 4.74 Å². The van der Waals surface area contributed by atoms with E-state index >= 15 is 0 Å². The van der Waals surface area contributed by atoms with Crippen molar-refractivity contribution >= 4 is 23.6 Å². The van der Waals surface area contributed by atoms with Gasteiger partial charge in [0.1, 0.15) is 0 Å². The average molecular weight is 408 g/mol. The fourth-order valence-electron chi connectivity index (χ4n) is 2.84. The Bertz CT molecular complexity index is 868. The minimum absolute atomic E-state index is 0.0378. The molecule has 0 aromatic heterocycles. The molecule has 1 saturated carbocycles. The fraction of sp³-hybridized carbons (Fsp3) is 0.286. The quantitative estimate of drug-likeness (QED) is 0.568. The first-order chi connectivity index (χ1) is 13.5. The van der Waals surface area contributed by atoms with Crippen LogP contribution in [0.25, 0.3) is 6.08 Å². The molecule has 7 heteroatoms. The van der Waals surface area contributed by atoms with Crippen LogP contribution in [0.2, 0.25) is 5.02 Å². The summed E-state index contributed by atoms with van der Waals surface area (Å²) in [6.45, 7) is -2.58. The molecule has 0 heterocycles. The highest BCUT2D eigenvalue weighted by molar-refractivity contribution is 6.32. The summed E-state index contributed by atoms with van der Waals surface area (Å²) in [7, 11) is 1.38. The molecular weight excluding hydrogens is 388 g/mol. The molecule has 2 aromatic rings. The minimum Gasteiger partial charge on any atom is -0.493 e. The van der Waals surface area contributed by atoms with Crippen molar-refractivity contribution in [2.24, 2.45) is 0 Å². The Hall–Kier alpha value is -2.60. The Morgan fingerprint density at radius 3 is 2.64 bits per heavy atom. The van der Waals surface area contributed by atoms with E-state index in [0.717, 1.165) is 24.0 Å².